The number of Topliss-reactive ketones (excluding diaryl/α,β-unsaturated/α-hetero) is 1. The number of hydrogen-bond acceptors (Lipinski definition) is 10. The molecular formula is C36H46O10. The molecule has 1 heterocycles. The number of ketones is 1. The first-order valence-corrected chi connectivity index (χ1v) is 16.5. The maximum absolute atomic E-state index is 15.4. The molecule has 0 aromatic heterocycles. The normalized spacial score (nSPS) is 40.0. The number of esters is 3. The summed E-state index contributed by atoms with van der Waals surface area (Å²) in [5, 5.41) is 24.7. The molecule has 46 heavy (non-hydrogen) atoms. The summed E-state index contributed by atoms with van der Waals surface area (Å²) in [5.74, 6) is -4.15. The number of fused-ring (bicyclic) bond motifs is 5. The lowest BCUT2D eigenvalue weighted by atomic mass is 9.43. The van der Waals surface area contributed by atoms with Crippen molar-refractivity contribution < 1.29 is 48.3 Å². The molecule has 3 saturated carbocycles. The summed E-state index contributed by atoms with van der Waals surface area (Å²) in [7, 11) is 0. The van der Waals surface area contributed by atoms with E-state index in [1.807, 2.05) is 6.92 Å². The van der Waals surface area contributed by atoms with Gasteiger partial charge >= 0.3 is 17.9 Å². The van der Waals surface area contributed by atoms with E-state index in [4.69, 9.17) is 18.9 Å². The van der Waals surface area contributed by atoms with Crippen LogP contribution in [0.1, 0.15) is 90.4 Å². The molecular weight excluding hydrogens is 592 g/mol. The molecule has 4 fully saturated rings. The van der Waals surface area contributed by atoms with Crippen LogP contribution in [0.25, 0.3) is 0 Å². The van der Waals surface area contributed by atoms with E-state index in [9.17, 15) is 24.6 Å². The Labute approximate surface area is 269 Å². The largest absolute Gasteiger partial charge is 0.455 e. The van der Waals surface area contributed by atoms with Crippen LogP contribution in [0, 0.1) is 28.6 Å². The van der Waals surface area contributed by atoms with Gasteiger partial charge in [-0.25, -0.2) is 4.79 Å². The number of hydrogen-bond donors (Lipinski definition) is 2. The van der Waals surface area contributed by atoms with Gasteiger partial charge < -0.3 is 29.2 Å². The van der Waals surface area contributed by atoms with Gasteiger partial charge in [-0.15, -0.1) is 0 Å². The average Bonchev–Trinajstić information content (AvgIpc) is 3.55. The van der Waals surface area contributed by atoms with Crippen molar-refractivity contribution in [2.24, 2.45) is 28.6 Å². The Hall–Kier alpha value is -3.08. The third-order valence-electron chi connectivity index (χ3n) is 12.3. The third kappa shape index (κ3) is 4.61. The van der Waals surface area contributed by atoms with E-state index >= 15 is 4.79 Å². The molecule has 0 spiro atoms. The molecule has 2 N–H and O–H groups in total. The van der Waals surface area contributed by atoms with Crippen LogP contribution in [-0.2, 0) is 33.3 Å². The summed E-state index contributed by atoms with van der Waals surface area (Å²) < 4.78 is 24.7. The number of rotatable bonds is 5. The van der Waals surface area contributed by atoms with Gasteiger partial charge in [-0.05, 0) is 55.4 Å². The second-order valence-electron chi connectivity index (χ2n) is 15.0. The van der Waals surface area contributed by atoms with E-state index in [0.717, 1.165) is 12.8 Å². The van der Waals surface area contributed by atoms with Gasteiger partial charge in [0.25, 0.3) is 0 Å². The van der Waals surface area contributed by atoms with E-state index in [1.54, 1.807) is 58.0 Å². The summed E-state index contributed by atoms with van der Waals surface area (Å²) in [6.07, 6.45) is -1.52. The second-order valence-corrected chi connectivity index (χ2v) is 15.0. The third-order valence-corrected chi connectivity index (χ3v) is 12.3. The van der Waals surface area contributed by atoms with E-state index in [-0.39, 0.29) is 24.5 Å². The van der Waals surface area contributed by atoms with Gasteiger partial charge in [0.2, 0.25) is 0 Å². The molecule has 10 heteroatoms. The van der Waals surface area contributed by atoms with Gasteiger partial charge in [0, 0.05) is 24.2 Å². The van der Waals surface area contributed by atoms with Gasteiger partial charge in [0.05, 0.1) is 30.1 Å². The molecule has 2 bridgehead atoms. The molecule has 6 rings (SSSR count). The number of carbonyl (C=O) groups is 4. The Morgan fingerprint density at radius 2 is 1.67 bits per heavy atom. The van der Waals surface area contributed by atoms with Crippen LogP contribution >= 0.6 is 0 Å². The van der Waals surface area contributed by atoms with Gasteiger partial charge in [-0.3, -0.25) is 14.4 Å². The van der Waals surface area contributed by atoms with Crippen molar-refractivity contribution in [3.05, 3.63) is 47.0 Å². The lowest BCUT2D eigenvalue weighted by Crippen LogP contribution is -2.80. The van der Waals surface area contributed by atoms with Crippen LogP contribution in [0.3, 0.4) is 0 Å². The molecule has 1 saturated heterocycles. The molecule has 5 aliphatic rings. The van der Waals surface area contributed by atoms with Gasteiger partial charge in [-0.2, -0.15) is 0 Å². The number of benzene rings is 1. The predicted octanol–water partition coefficient (Wildman–Crippen LogP) is 4.10. The highest BCUT2D eigenvalue weighted by atomic mass is 16.6. The van der Waals surface area contributed by atoms with Crippen molar-refractivity contribution >= 4 is 23.7 Å². The minimum Gasteiger partial charge on any atom is -0.455 e. The predicted molar refractivity (Wildman–Crippen MR) is 164 cm³/mol. The highest BCUT2D eigenvalue weighted by molar-refractivity contribution is 5.95. The smallest absolute Gasteiger partial charge is 0.338 e. The average molecular weight is 639 g/mol. The van der Waals surface area contributed by atoms with Crippen LogP contribution in [0.4, 0.5) is 0 Å². The summed E-state index contributed by atoms with van der Waals surface area (Å²) in [5.41, 5.74) is -5.24. The zero-order valence-electron chi connectivity index (χ0n) is 27.5. The molecule has 10 nitrogen and oxygen atoms in total. The summed E-state index contributed by atoms with van der Waals surface area (Å²) in [4.78, 5) is 55.7. The first-order valence-electron chi connectivity index (χ1n) is 16.5. The zero-order chi connectivity index (χ0) is 33.4. The first kappa shape index (κ1) is 32.8. The fourth-order valence-corrected chi connectivity index (χ4v) is 9.41. The van der Waals surface area contributed by atoms with E-state index in [1.165, 1.54) is 6.92 Å². The zero-order valence-corrected chi connectivity index (χ0v) is 27.5. The minimum absolute atomic E-state index is 0.0792. The van der Waals surface area contributed by atoms with Crippen LogP contribution in [0.15, 0.2) is 41.5 Å². The molecule has 0 radical (unpaired) electrons. The monoisotopic (exact) mass is 638 g/mol. The number of ether oxygens (including phenoxy) is 4. The van der Waals surface area contributed by atoms with Crippen LogP contribution < -0.4 is 0 Å². The summed E-state index contributed by atoms with van der Waals surface area (Å²) in [6.45, 7) is 9.98. The number of aliphatic hydroxyl groups excluding tert-OH is 1. The Balaban J connectivity index is 1.61. The Kier molecular flexibility index (Phi) is 8.05. The quantitative estimate of drug-likeness (QED) is 0.275. The van der Waals surface area contributed by atoms with Gasteiger partial charge in [-0.1, -0.05) is 58.7 Å². The van der Waals surface area contributed by atoms with E-state index in [0.29, 0.717) is 30.4 Å². The van der Waals surface area contributed by atoms with Gasteiger partial charge in [0.15, 0.2) is 17.5 Å². The lowest BCUT2D eigenvalue weighted by molar-refractivity contribution is -0.340. The lowest BCUT2D eigenvalue weighted by Gasteiger charge is -2.68. The minimum atomic E-state index is -2.00. The van der Waals surface area contributed by atoms with Crippen LogP contribution in [0.2, 0.25) is 0 Å². The topological polar surface area (TPSA) is 146 Å². The van der Waals surface area contributed by atoms with Crippen molar-refractivity contribution in [3.63, 3.8) is 0 Å². The van der Waals surface area contributed by atoms with E-state index < -0.39 is 82.0 Å². The van der Waals surface area contributed by atoms with Gasteiger partial charge in [0.1, 0.15) is 17.8 Å². The molecule has 1 aromatic carbocycles. The number of aliphatic hydroxyl groups is 2. The maximum Gasteiger partial charge on any atom is 0.338 e. The maximum atomic E-state index is 15.4. The second kappa shape index (κ2) is 11.3. The fraction of sp³-hybridized carbons (Fsp3) is 0.667. The molecule has 4 aliphatic carbocycles. The van der Waals surface area contributed by atoms with Crippen molar-refractivity contribution in [1.29, 1.82) is 0 Å². The Bertz CT molecular complexity index is 1460. The Morgan fingerprint density at radius 3 is 2.26 bits per heavy atom. The highest BCUT2D eigenvalue weighted by Gasteiger charge is 2.77. The molecule has 0 amide bonds. The number of carbonyl (C=O) groups excluding carboxylic acids is 4. The Morgan fingerprint density at radius 1 is 1.02 bits per heavy atom. The van der Waals surface area contributed by atoms with Crippen molar-refractivity contribution in [2.45, 2.75) is 116 Å². The highest BCUT2D eigenvalue weighted by Crippen LogP contribution is 2.65. The molecule has 1 aromatic rings. The molecule has 1 aliphatic heterocycles. The van der Waals surface area contributed by atoms with E-state index in [2.05, 4.69) is 0 Å². The standard InChI is InChI=1S/C36H46O10/c1-19-16-25-35(18-43-25,46-21(3)37)28-30(45-32(41)23-12-8-7-9-13-23)36(42)17-24(38)20(2)26(33(36,4)5)27(29(39)34(19,28)6)44-31(40)22-14-10-11-15-22/h7-9,12-13,19,22,24-25,27-28,30,38,42H,10-11,14-18H2,1-6H3/t19-,24-,25+,27+,28-,30-,34+,35-,36+/m0/s1. The molecule has 250 valence electrons. The van der Waals surface area contributed by atoms with Crippen LogP contribution in [0.5, 0.6) is 0 Å². The fourth-order valence-electron chi connectivity index (χ4n) is 9.41. The van der Waals surface area contributed by atoms with Crippen molar-refractivity contribution in [2.75, 3.05) is 6.61 Å². The molecule has 9 atom stereocenters. The van der Waals surface area contributed by atoms with Crippen molar-refractivity contribution in [3.8, 4) is 0 Å². The van der Waals surface area contributed by atoms with Crippen LogP contribution in [-0.4, -0.2) is 76.1 Å². The molecule has 0 unspecified atom stereocenters. The first-order chi connectivity index (χ1) is 21.6. The summed E-state index contributed by atoms with van der Waals surface area (Å²) in [6, 6.07) is 8.33. The van der Waals surface area contributed by atoms with Crippen molar-refractivity contribution in [1.82, 2.24) is 0 Å². The summed E-state index contributed by atoms with van der Waals surface area (Å²) >= 11 is 0. The SMILES string of the molecule is CC(=O)O[C@@]12CO[C@@H]1C[C@H](C)[C@@]1(C)C(=O)[C@H](OC(=O)C3CCCC3)C3=C(C)[C@@H](O)C[C@@](O)([C@@H](OC(=O)c4ccccc4)[C@H]21)C3(C)C.